The highest BCUT2D eigenvalue weighted by molar-refractivity contribution is 9.10. The number of hydrogen-bond donors (Lipinski definition) is 1. The van der Waals surface area contributed by atoms with Crippen molar-refractivity contribution in [1.82, 2.24) is 0 Å². The van der Waals surface area contributed by atoms with E-state index in [0.717, 1.165) is 4.47 Å². The van der Waals surface area contributed by atoms with Gasteiger partial charge in [-0.2, -0.15) is 0 Å². The number of rotatable bonds is 1. The Morgan fingerprint density at radius 1 is 1.45 bits per heavy atom. The summed E-state index contributed by atoms with van der Waals surface area (Å²) in [5.41, 5.74) is 0.328. The van der Waals surface area contributed by atoms with Crippen LogP contribution in [0.5, 0.6) is 0 Å². The molecule has 0 fully saturated rings. The second-order valence-electron chi connectivity index (χ2n) is 1.79. The lowest BCUT2D eigenvalue weighted by Gasteiger charge is -2.04. The molecular formula is C6H7BrClFN2. The number of nitrogens with two attached hydrogens (primary N) is 1. The number of benzene rings is 1. The molecule has 0 amide bonds. The molecule has 2 nitrogen and oxygen atoms in total. The molecule has 0 heterocycles. The maximum Gasteiger partial charge on any atom is 0.0883 e. The van der Waals surface area contributed by atoms with Gasteiger partial charge in [0, 0.05) is 4.47 Å². The van der Waals surface area contributed by atoms with Crippen molar-refractivity contribution < 1.29 is 4.48 Å². The molecule has 1 aromatic carbocycles. The molecule has 2 N–H and O–H groups in total. The third-order valence-electron chi connectivity index (χ3n) is 1.05. The monoisotopic (exact) mass is 240 g/mol. The molecule has 0 atom stereocenters. The summed E-state index contributed by atoms with van der Waals surface area (Å²) in [6.07, 6.45) is 0. The fourth-order valence-electron chi connectivity index (χ4n) is 0.609. The van der Waals surface area contributed by atoms with Crippen LogP contribution in [0.25, 0.3) is 0 Å². The van der Waals surface area contributed by atoms with E-state index in [1.165, 1.54) is 0 Å². The fraction of sp³-hybridized carbons (Fsp3) is 0. The Morgan fingerprint density at radius 2 is 2.09 bits per heavy atom. The Hall–Kier alpha value is -0.320. The predicted molar refractivity (Wildman–Crippen MR) is 49.2 cm³/mol. The van der Waals surface area contributed by atoms with Crippen LogP contribution >= 0.6 is 28.3 Å². The standard InChI is InChI=1S/C6H6BrFN2.ClH/c7-5-2-1-3-6(4-5)10(8)9;/h1-4H,9H2;1H. The van der Waals surface area contributed by atoms with Crippen molar-refractivity contribution in [1.29, 1.82) is 0 Å². The highest BCUT2D eigenvalue weighted by Crippen LogP contribution is 2.17. The van der Waals surface area contributed by atoms with E-state index in [-0.39, 0.29) is 17.6 Å². The van der Waals surface area contributed by atoms with Crippen LogP contribution in [0.15, 0.2) is 28.7 Å². The topological polar surface area (TPSA) is 29.3 Å². The lowest BCUT2D eigenvalue weighted by atomic mass is 10.3. The zero-order valence-electron chi connectivity index (χ0n) is 5.50. The van der Waals surface area contributed by atoms with E-state index in [1.807, 2.05) is 0 Å². The van der Waals surface area contributed by atoms with E-state index in [4.69, 9.17) is 5.84 Å². The van der Waals surface area contributed by atoms with Crippen LogP contribution in [0.1, 0.15) is 0 Å². The number of halogens is 3. The number of hydrazine groups is 1. The van der Waals surface area contributed by atoms with Gasteiger partial charge in [0.05, 0.1) is 5.69 Å². The van der Waals surface area contributed by atoms with Gasteiger partial charge in [-0.1, -0.05) is 26.5 Å². The number of hydrogen-bond acceptors (Lipinski definition) is 2. The van der Waals surface area contributed by atoms with Gasteiger partial charge in [-0.25, -0.2) is 5.84 Å². The Kier molecular flexibility index (Phi) is 4.40. The van der Waals surface area contributed by atoms with Crippen LogP contribution in [0, 0.1) is 0 Å². The first-order valence-corrected chi connectivity index (χ1v) is 3.45. The van der Waals surface area contributed by atoms with E-state index < -0.39 is 0 Å². The molecule has 1 rings (SSSR count). The molecule has 0 radical (unpaired) electrons. The molecule has 1 aromatic rings. The lowest BCUT2D eigenvalue weighted by molar-refractivity contribution is 0.444. The molecule has 0 bridgehead atoms. The van der Waals surface area contributed by atoms with Crippen LogP contribution in [-0.2, 0) is 0 Å². The Labute approximate surface area is 78.6 Å². The van der Waals surface area contributed by atoms with Gasteiger partial charge in [0.1, 0.15) is 0 Å². The first kappa shape index (κ1) is 10.7. The van der Waals surface area contributed by atoms with Crippen LogP contribution in [0.3, 0.4) is 0 Å². The minimum Gasteiger partial charge on any atom is -0.218 e. The second kappa shape index (κ2) is 4.54. The maximum absolute atomic E-state index is 12.2. The minimum absolute atomic E-state index is 0. The first-order valence-electron chi connectivity index (χ1n) is 2.66. The maximum atomic E-state index is 12.2. The normalized spacial score (nSPS) is 8.64. The lowest BCUT2D eigenvalue weighted by Crippen LogP contribution is -2.19. The second-order valence-corrected chi connectivity index (χ2v) is 2.71. The summed E-state index contributed by atoms with van der Waals surface area (Å²) >= 11 is 3.18. The zero-order valence-corrected chi connectivity index (χ0v) is 7.90. The summed E-state index contributed by atoms with van der Waals surface area (Å²) in [5.74, 6) is 4.83. The van der Waals surface area contributed by atoms with Crippen molar-refractivity contribution >= 4 is 34.0 Å². The third kappa shape index (κ3) is 3.05. The molecule has 0 aliphatic rings. The number of anilines is 1. The molecule has 0 aromatic heterocycles. The average Bonchev–Trinajstić information content (AvgIpc) is 1.88. The van der Waals surface area contributed by atoms with Crippen LogP contribution in [0.2, 0.25) is 0 Å². The van der Waals surface area contributed by atoms with Gasteiger partial charge in [-0.3, -0.25) is 0 Å². The van der Waals surface area contributed by atoms with Gasteiger partial charge in [-0.05, 0) is 18.2 Å². The molecule has 0 spiro atoms. The molecule has 0 saturated carbocycles. The minimum atomic E-state index is 0. The summed E-state index contributed by atoms with van der Waals surface area (Å²) in [7, 11) is 0. The van der Waals surface area contributed by atoms with Crippen molar-refractivity contribution in [2.24, 2.45) is 5.84 Å². The van der Waals surface area contributed by atoms with Crippen LogP contribution < -0.4 is 11.1 Å². The molecule has 0 saturated heterocycles. The molecule has 62 valence electrons. The van der Waals surface area contributed by atoms with Crippen molar-refractivity contribution in [2.45, 2.75) is 0 Å². The quantitative estimate of drug-likeness (QED) is 0.465. The van der Waals surface area contributed by atoms with E-state index in [9.17, 15) is 4.48 Å². The molecule has 0 aliphatic heterocycles. The highest BCUT2D eigenvalue weighted by Gasteiger charge is 1.97. The molecule has 5 heteroatoms. The first-order chi connectivity index (χ1) is 4.70. The molecule has 11 heavy (non-hydrogen) atoms. The molecule has 0 aliphatic carbocycles. The van der Waals surface area contributed by atoms with Crippen molar-refractivity contribution in [3.8, 4) is 0 Å². The van der Waals surface area contributed by atoms with Crippen LogP contribution in [-0.4, -0.2) is 0 Å². The van der Waals surface area contributed by atoms with E-state index in [1.54, 1.807) is 24.3 Å². The van der Waals surface area contributed by atoms with Gasteiger partial charge in [-0.15, -0.1) is 17.6 Å². The van der Waals surface area contributed by atoms with Gasteiger partial charge >= 0.3 is 0 Å². The molecular weight excluding hydrogens is 234 g/mol. The fourth-order valence-corrected chi connectivity index (χ4v) is 0.996. The van der Waals surface area contributed by atoms with Gasteiger partial charge in [0.25, 0.3) is 0 Å². The summed E-state index contributed by atoms with van der Waals surface area (Å²) in [5, 5.41) is 0.0742. The predicted octanol–water partition coefficient (Wildman–Crippen LogP) is 2.44. The third-order valence-corrected chi connectivity index (χ3v) is 1.55. The summed E-state index contributed by atoms with van der Waals surface area (Å²) in [6, 6.07) is 6.66. The van der Waals surface area contributed by atoms with Gasteiger partial charge in [0.2, 0.25) is 0 Å². The Morgan fingerprint density at radius 3 is 2.45 bits per heavy atom. The SMILES string of the molecule is Cl.NN(F)c1cccc(Br)c1. The average molecular weight is 241 g/mol. The van der Waals surface area contributed by atoms with Crippen molar-refractivity contribution in [2.75, 3.05) is 5.23 Å². The van der Waals surface area contributed by atoms with Crippen LogP contribution in [0.4, 0.5) is 10.2 Å². The zero-order chi connectivity index (χ0) is 7.56. The smallest absolute Gasteiger partial charge is 0.0883 e. The van der Waals surface area contributed by atoms with E-state index in [0.29, 0.717) is 5.69 Å². The van der Waals surface area contributed by atoms with Crippen molar-refractivity contribution in [3.63, 3.8) is 0 Å². The number of nitrogens with zero attached hydrogens (tertiary/aromatic N) is 1. The van der Waals surface area contributed by atoms with Crippen molar-refractivity contribution in [3.05, 3.63) is 28.7 Å². The van der Waals surface area contributed by atoms with Gasteiger partial charge in [0.15, 0.2) is 0 Å². The summed E-state index contributed by atoms with van der Waals surface area (Å²) < 4.78 is 13.0. The largest absolute Gasteiger partial charge is 0.218 e. The summed E-state index contributed by atoms with van der Waals surface area (Å²) in [6.45, 7) is 0. The Balaban J connectivity index is 0.000001000. The van der Waals surface area contributed by atoms with E-state index in [2.05, 4.69) is 15.9 Å². The Bertz CT molecular complexity index is 232. The highest BCUT2D eigenvalue weighted by atomic mass is 79.9. The van der Waals surface area contributed by atoms with E-state index >= 15 is 0 Å². The summed E-state index contributed by atoms with van der Waals surface area (Å²) in [4.78, 5) is 0. The van der Waals surface area contributed by atoms with Gasteiger partial charge < -0.3 is 0 Å². The molecule has 0 unspecified atom stereocenters.